The summed E-state index contributed by atoms with van der Waals surface area (Å²) in [4.78, 5) is 1.13. The van der Waals surface area contributed by atoms with Crippen molar-refractivity contribution in [2.24, 2.45) is 0 Å². The molecule has 0 unspecified atom stereocenters. The predicted octanol–water partition coefficient (Wildman–Crippen LogP) is 2.00. The van der Waals surface area contributed by atoms with Crippen LogP contribution >= 0.6 is 11.8 Å². The molecule has 0 radical (unpaired) electrons. The lowest BCUT2D eigenvalue weighted by atomic mass is 10.2. The van der Waals surface area contributed by atoms with Crippen molar-refractivity contribution in [3.63, 3.8) is 0 Å². The lowest BCUT2D eigenvalue weighted by molar-refractivity contribution is 0.397. The second-order valence-corrected chi connectivity index (χ2v) is 3.14. The quantitative estimate of drug-likeness (QED) is 0.586. The average Bonchev–Trinajstić information content (AvgIpc) is 2.50. The summed E-state index contributed by atoms with van der Waals surface area (Å²) < 4.78 is 5.25. The van der Waals surface area contributed by atoms with Gasteiger partial charge in [-0.3, -0.25) is 0 Å². The number of nitrogens with zero attached hydrogens (tertiary/aromatic N) is 1. The van der Waals surface area contributed by atoms with Gasteiger partial charge in [0.2, 0.25) is 0 Å². The van der Waals surface area contributed by atoms with Gasteiger partial charge in [-0.05, 0) is 18.2 Å². The third kappa shape index (κ3) is 1.06. The number of hydrogen-bond donors (Lipinski definition) is 0. The van der Waals surface area contributed by atoms with Gasteiger partial charge in [0.15, 0.2) is 0 Å². The number of benzene rings is 1. The third-order valence-corrected chi connectivity index (χ3v) is 2.39. The number of thioether (sulfide) groups is 1. The van der Waals surface area contributed by atoms with Gasteiger partial charge in [-0.1, -0.05) is 11.8 Å². The molecular formula is C8H5NOS. The molecule has 0 atom stereocenters. The van der Waals surface area contributed by atoms with Crippen LogP contribution in [0, 0.1) is 11.3 Å². The first-order valence-electron chi connectivity index (χ1n) is 3.20. The van der Waals surface area contributed by atoms with Gasteiger partial charge in [0, 0.05) is 0 Å². The SMILES string of the molecule is N#Cc1ccc2c(c1)OCS2. The molecule has 1 aromatic rings. The second kappa shape index (κ2) is 2.48. The molecule has 1 aliphatic heterocycles. The second-order valence-electron chi connectivity index (χ2n) is 2.18. The zero-order chi connectivity index (χ0) is 7.68. The monoisotopic (exact) mass is 163 g/mol. The van der Waals surface area contributed by atoms with Crippen LogP contribution in [0.5, 0.6) is 5.75 Å². The summed E-state index contributed by atoms with van der Waals surface area (Å²) in [5.74, 6) is 1.51. The molecule has 0 saturated heterocycles. The van der Waals surface area contributed by atoms with E-state index >= 15 is 0 Å². The van der Waals surface area contributed by atoms with Crippen molar-refractivity contribution in [1.29, 1.82) is 5.26 Å². The van der Waals surface area contributed by atoms with Crippen molar-refractivity contribution in [2.75, 3.05) is 5.94 Å². The Kier molecular flexibility index (Phi) is 1.48. The number of fused-ring (bicyclic) bond motifs is 1. The Hall–Kier alpha value is -1.14. The van der Waals surface area contributed by atoms with Crippen molar-refractivity contribution in [2.45, 2.75) is 4.90 Å². The van der Waals surface area contributed by atoms with E-state index in [-0.39, 0.29) is 0 Å². The highest BCUT2D eigenvalue weighted by Gasteiger charge is 2.11. The minimum atomic E-state index is 0.659. The van der Waals surface area contributed by atoms with Crippen LogP contribution in [0.1, 0.15) is 5.56 Å². The van der Waals surface area contributed by atoms with E-state index in [1.165, 1.54) is 0 Å². The van der Waals surface area contributed by atoms with E-state index in [0.717, 1.165) is 10.6 Å². The molecule has 0 amide bonds. The van der Waals surface area contributed by atoms with Crippen molar-refractivity contribution < 1.29 is 4.74 Å². The number of ether oxygens (including phenoxy) is 1. The topological polar surface area (TPSA) is 33.0 Å². The fourth-order valence-electron chi connectivity index (χ4n) is 0.966. The lowest BCUT2D eigenvalue weighted by Gasteiger charge is -1.95. The summed E-state index contributed by atoms with van der Waals surface area (Å²) in [6, 6.07) is 7.57. The Morgan fingerprint density at radius 2 is 2.45 bits per heavy atom. The summed E-state index contributed by atoms with van der Waals surface area (Å²) in [5, 5.41) is 8.56. The summed E-state index contributed by atoms with van der Waals surface area (Å²) in [6.45, 7) is 0. The average molecular weight is 163 g/mol. The number of nitriles is 1. The Balaban J connectivity index is 2.51. The predicted molar refractivity (Wildman–Crippen MR) is 42.5 cm³/mol. The third-order valence-electron chi connectivity index (χ3n) is 1.50. The van der Waals surface area contributed by atoms with Gasteiger partial charge in [-0.25, -0.2) is 0 Å². The molecule has 0 saturated carbocycles. The van der Waals surface area contributed by atoms with E-state index in [1.54, 1.807) is 23.9 Å². The Bertz CT molecular complexity index is 329. The van der Waals surface area contributed by atoms with Gasteiger partial charge in [0.05, 0.1) is 16.5 Å². The summed E-state index contributed by atoms with van der Waals surface area (Å²) in [7, 11) is 0. The van der Waals surface area contributed by atoms with Crippen LogP contribution in [-0.2, 0) is 0 Å². The van der Waals surface area contributed by atoms with Gasteiger partial charge in [-0.2, -0.15) is 5.26 Å². The highest BCUT2D eigenvalue weighted by Crippen LogP contribution is 2.36. The highest BCUT2D eigenvalue weighted by molar-refractivity contribution is 7.99. The first-order valence-corrected chi connectivity index (χ1v) is 4.18. The zero-order valence-electron chi connectivity index (χ0n) is 5.70. The van der Waals surface area contributed by atoms with Crippen LogP contribution in [0.4, 0.5) is 0 Å². The Morgan fingerprint density at radius 3 is 3.27 bits per heavy atom. The molecule has 3 heteroatoms. The lowest BCUT2D eigenvalue weighted by Crippen LogP contribution is -1.82. The standard InChI is InChI=1S/C8H5NOS/c9-4-6-1-2-8-7(3-6)10-5-11-8/h1-3H,5H2. The van der Waals surface area contributed by atoms with Crippen LogP contribution in [0.3, 0.4) is 0 Å². The molecule has 0 N–H and O–H groups in total. The number of hydrogen-bond acceptors (Lipinski definition) is 3. The minimum Gasteiger partial charge on any atom is -0.481 e. The molecule has 0 aliphatic carbocycles. The van der Waals surface area contributed by atoms with E-state index in [1.807, 2.05) is 6.07 Å². The molecule has 1 heterocycles. The summed E-state index contributed by atoms with van der Waals surface area (Å²) >= 11 is 1.66. The Morgan fingerprint density at radius 1 is 1.55 bits per heavy atom. The van der Waals surface area contributed by atoms with Gasteiger partial charge in [0.1, 0.15) is 11.7 Å². The highest BCUT2D eigenvalue weighted by atomic mass is 32.2. The molecule has 54 valence electrons. The molecule has 0 spiro atoms. The molecule has 0 fully saturated rings. The smallest absolute Gasteiger partial charge is 0.138 e. The Labute approximate surface area is 68.8 Å². The van der Waals surface area contributed by atoms with Crippen LogP contribution in [0.2, 0.25) is 0 Å². The van der Waals surface area contributed by atoms with Crippen molar-refractivity contribution >= 4 is 11.8 Å². The van der Waals surface area contributed by atoms with Crippen LogP contribution in [-0.4, -0.2) is 5.94 Å². The molecule has 2 nitrogen and oxygen atoms in total. The van der Waals surface area contributed by atoms with Crippen molar-refractivity contribution in [1.82, 2.24) is 0 Å². The van der Waals surface area contributed by atoms with Gasteiger partial charge in [0.25, 0.3) is 0 Å². The van der Waals surface area contributed by atoms with E-state index in [0.29, 0.717) is 11.5 Å². The fourth-order valence-corrected chi connectivity index (χ4v) is 1.70. The molecule has 0 aromatic heterocycles. The zero-order valence-corrected chi connectivity index (χ0v) is 6.52. The normalized spacial score (nSPS) is 13.4. The van der Waals surface area contributed by atoms with Crippen LogP contribution in [0.25, 0.3) is 0 Å². The van der Waals surface area contributed by atoms with Gasteiger partial charge in [-0.15, -0.1) is 0 Å². The van der Waals surface area contributed by atoms with Crippen molar-refractivity contribution in [3.8, 4) is 11.8 Å². The first kappa shape index (κ1) is 6.56. The molecule has 11 heavy (non-hydrogen) atoms. The molecular weight excluding hydrogens is 158 g/mol. The molecule has 2 rings (SSSR count). The van der Waals surface area contributed by atoms with E-state index in [2.05, 4.69) is 6.07 Å². The van der Waals surface area contributed by atoms with Gasteiger partial charge < -0.3 is 4.74 Å². The summed E-state index contributed by atoms with van der Waals surface area (Å²) in [6.07, 6.45) is 0. The van der Waals surface area contributed by atoms with Crippen LogP contribution < -0.4 is 4.74 Å². The fraction of sp³-hybridized carbons (Fsp3) is 0.125. The number of rotatable bonds is 0. The minimum absolute atomic E-state index is 0.659. The van der Waals surface area contributed by atoms with Crippen molar-refractivity contribution in [3.05, 3.63) is 23.8 Å². The largest absolute Gasteiger partial charge is 0.481 e. The maximum absolute atomic E-state index is 8.56. The molecule has 1 aliphatic rings. The maximum Gasteiger partial charge on any atom is 0.138 e. The maximum atomic E-state index is 8.56. The van der Waals surface area contributed by atoms with Crippen LogP contribution in [0.15, 0.2) is 23.1 Å². The first-order chi connectivity index (χ1) is 5.40. The van der Waals surface area contributed by atoms with E-state index < -0.39 is 0 Å². The van der Waals surface area contributed by atoms with E-state index in [9.17, 15) is 0 Å². The van der Waals surface area contributed by atoms with E-state index in [4.69, 9.17) is 10.00 Å². The van der Waals surface area contributed by atoms with Gasteiger partial charge >= 0.3 is 0 Å². The molecule has 0 bridgehead atoms. The molecule has 1 aromatic carbocycles. The summed E-state index contributed by atoms with van der Waals surface area (Å²) in [5.41, 5.74) is 0.659.